The first-order chi connectivity index (χ1) is 9.68. The van der Waals surface area contributed by atoms with Crippen molar-refractivity contribution in [3.05, 3.63) is 64.6 Å². The second-order valence-electron chi connectivity index (χ2n) is 4.48. The molecule has 0 N–H and O–H groups in total. The number of benzene rings is 2. The van der Waals surface area contributed by atoms with Gasteiger partial charge in [0.25, 0.3) is 0 Å². The standard InChI is InChI=1S/C16H12Cl2N2/c1-20-16(11-7-3-2-4-8-11)14(18)15(19-20)12-9-5-6-10-13(12)17/h2-10H,1H3. The van der Waals surface area contributed by atoms with Crippen molar-refractivity contribution in [3.8, 4) is 22.5 Å². The van der Waals surface area contributed by atoms with E-state index in [1.54, 1.807) is 4.68 Å². The minimum absolute atomic E-state index is 0.617. The Morgan fingerprint density at radius 3 is 2.25 bits per heavy atom. The smallest absolute Gasteiger partial charge is 0.113 e. The predicted molar refractivity (Wildman–Crippen MR) is 84.1 cm³/mol. The van der Waals surface area contributed by atoms with Gasteiger partial charge in [0, 0.05) is 18.2 Å². The van der Waals surface area contributed by atoms with Crippen molar-refractivity contribution in [2.75, 3.05) is 0 Å². The quantitative estimate of drug-likeness (QED) is 0.647. The molecule has 0 atom stereocenters. The van der Waals surface area contributed by atoms with Crippen LogP contribution >= 0.6 is 23.2 Å². The summed E-state index contributed by atoms with van der Waals surface area (Å²) >= 11 is 12.8. The van der Waals surface area contributed by atoms with Crippen molar-refractivity contribution in [2.45, 2.75) is 0 Å². The van der Waals surface area contributed by atoms with E-state index in [-0.39, 0.29) is 0 Å². The summed E-state index contributed by atoms with van der Waals surface area (Å²) in [6.45, 7) is 0. The van der Waals surface area contributed by atoms with Crippen LogP contribution in [0.25, 0.3) is 22.5 Å². The van der Waals surface area contributed by atoms with Crippen LogP contribution in [0, 0.1) is 0 Å². The van der Waals surface area contributed by atoms with Crippen molar-refractivity contribution in [2.24, 2.45) is 7.05 Å². The Morgan fingerprint density at radius 1 is 0.900 bits per heavy atom. The van der Waals surface area contributed by atoms with Crippen LogP contribution in [0.4, 0.5) is 0 Å². The second kappa shape index (κ2) is 5.31. The zero-order valence-corrected chi connectivity index (χ0v) is 12.4. The average Bonchev–Trinajstić information content (AvgIpc) is 2.75. The third-order valence-electron chi connectivity index (χ3n) is 3.17. The number of halogens is 2. The Kier molecular flexibility index (Phi) is 3.51. The molecule has 0 spiro atoms. The van der Waals surface area contributed by atoms with Crippen LogP contribution in [-0.4, -0.2) is 9.78 Å². The van der Waals surface area contributed by atoms with Gasteiger partial charge in [0.15, 0.2) is 0 Å². The molecular weight excluding hydrogens is 291 g/mol. The highest BCUT2D eigenvalue weighted by molar-refractivity contribution is 6.37. The van der Waals surface area contributed by atoms with E-state index in [4.69, 9.17) is 23.2 Å². The minimum Gasteiger partial charge on any atom is -0.266 e. The summed E-state index contributed by atoms with van der Waals surface area (Å²) < 4.78 is 1.79. The minimum atomic E-state index is 0.617. The van der Waals surface area contributed by atoms with E-state index < -0.39 is 0 Å². The summed E-state index contributed by atoms with van der Waals surface area (Å²) in [4.78, 5) is 0. The first kappa shape index (κ1) is 13.2. The van der Waals surface area contributed by atoms with Crippen LogP contribution in [0.1, 0.15) is 0 Å². The lowest BCUT2D eigenvalue weighted by molar-refractivity contribution is 0.779. The van der Waals surface area contributed by atoms with Crippen LogP contribution in [0.3, 0.4) is 0 Å². The lowest BCUT2D eigenvalue weighted by atomic mass is 10.1. The van der Waals surface area contributed by atoms with Gasteiger partial charge >= 0.3 is 0 Å². The lowest BCUT2D eigenvalue weighted by Gasteiger charge is -2.02. The van der Waals surface area contributed by atoms with E-state index in [0.717, 1.165) is 16.8 Å². The van der Waals surface area contributed by atoms with E-state index in [2.05, 4.69) is 5.10 Å². The molecule has 0 bridgehead atoms. The van der Waals surface area contributed by atoms with Gasteiger partial charge in [0.05, 0.1) is 15.7 Å². The topological polar surface area (TPSA) is 17.8 Å². The van der Waals surface area contributed by atoms with Gasteiger partial charge in [0.2, 0.25) is 0 Å². The van der Waals surface area contributed by atoms with E-state index in [9.17, 15) is 0 Å². The number of hydrogen-bond acceptors (Lipinski definition) is 1. The molecule has 20 heavy (non-hydrogen) atoms. The Morgan fingerprint density at radius 2 is 1.55 bits per heavy atom. The predicted octanol–water partition coefficient (Wildman–Crippen LogP) is 5.06. The third-order valence-corrected chi connectivity index (χ3v) is 3.85. The Bertz CT molecular complexity index is 748. The largest absolute Gasteiger partial charge is 0.266 e. The van der Waals surface area contributed by atoms with Gasteiger partial charge in [-0.1, -0.05) is 71.7 Å². The molecule has 1 aromatic heterocycles. The number of aryl methyl sites for hydroxylation is 1. The molecule has 0 aliphatic rings. The Labute approximate surface area is 127 Å². The third kappa shape index (κ3) is 2.21. The first-order valence-corrected chi connectivity index (χ1v) is 6.97. The van der Waals surface area contributed by atoms with Crippen molar-refractivity contribution >= 4 is 23.2 Å². The molecule has 0 saturated heterocycles. The highest BCUT2D eigenvalue weighted by atomic mass is 35.5. The first-order valence-electron chi connectivity index (χ1n) is 6.21. The lowest BCUT2D eigenvalue weighted by Crippen LogP contribution is -1.93. The molecule has 100 valence electrons. The molecule has 4 heteroatoms. The molecule has 3 rings (SSSR count). The van der Waals surface area contributed by atoms with Gasteiger partial charge in [-0.05, 0) is 6.07 Å². The van der Waals surface area contributed by atoms with Crippen LogP contribution in [0.2, 0.25) is 10.0 Å². The summed E-state index contributed by atoms with van der Waals surface area (Å²) in [7, 11) is 1.88. The van der Waals surface area contributed by atoms with Crippen molar-refractivity contribution in [3.63, 3.8) is 0 Å². The zero-order chi connectivity index (χ0) is 14.1. The summed E-state index contributed by atoms with van der Waals surface area (Å²) in [6.07, 6.45) is 0. The molecule has 0 amide bonds. The highest BCUT2D eigenvalue weighted by Gasteiger charge is 2.18. The molecule has 0 aliphatic heterocycles. The molecule has 0 saturated carbocycles. The van der Waals surface area contributed by atoms with E-state index >= 15 is 0 Å². The Balaban J connectivity index is 2.20. The average molecular weight is 303 g/mol. The highest BCUT2D eigenvalue weighted by Crippen LogP contribution is 2.38. The maximum atomic E-state index is 6.53. The van der Waals surface area contributed by atoms with Crippen LogP contribution < -0.4 is 0 Å². The van der Waals surface area contributed by atoms with E-state index in [1.807, 2.05) is 61.6 Å². The number of hydrogen-bond donors (Lipinski definition) is 0. The maximum Gasteiger partial charge on any atom is 0.113 e. The van der Waals surface area contributed by atoms with Gasteiger partial charge in [-0.25, -0.2) is 0 Å². The van der Waals surface area contributed by atoms with Crippen molar-refractivity contribution in [1.82, 2.24) is 9.78 Å². The van der Waals surface area contributed by atoms with Crippen molar-refractivity contribution < 1.29 is 0 Å². The second-order valence-corrected chi connectivity index (χ2v) is 5.27. The van der Waals surface area contributed by atoms with Gasteiger partial charge < -0.3 is 0 Å². The molecule has 2 aromatic carbocycles. The summed E-state index contributed by atoms with van der Waals surface area (Å²) in [6, 6.07) is 17.5. The molecule has 1 heterocycles. The van der Waals surface area contributed by atoms with E-state index in [0.29, 0.717) is 15.7 Å². The summed E-state index contributed by atoms with van der Waals surface area (Å²) in [5.41, 5.74) is 3.48. The van der Waals surface area contributed by atoms with Gasteiger partial charge in [-0.2, -0.15) is 5.10 Å². The zero-order valence-electron chi connectivity index (χ0n) is 10.8. The molecule has 0 fully saturated rings. The monoisotopic (exact) mass is 302 g/mol. The van der Waals surface area contributed by atoms with Crippen LogP contribution in [-0.2, 0) is 7.05 Å². The number of aromatic nitrogens is 2. The van der Waals surface area contributed by atoms with Gasteiger partial charge in [-0.15, -0.1) is 0 Å². The fourth-order valence-electron chi connectivity index (χ4n) is 2.23. The molecule has 0 aliphatic carbocycles. The summed E-state index contributed by atoms with van der Waals surface area (Å²) in [5, 5.41) is 5.78. The SMILES string of the molecule is Cn1nc(-c2ccccc2Cl)c(Cl)c1-c1ccccc1. The van der Waals surface area contributed by atoms with Gasteiger partial charge in [-0.3, -0.25) is 4.68 Å². The molecule has 3 aromatic rings. The fourth-order valence-corrected chi connectivity index (χ4v) is 2.83. The van der Waals surface area contributed by atoms with Crippen LogP contribution in [0.15, 0.2) is 54.6 Å². The Hall–Kier alpha value is -1.77. The van der Waals surface area contributed by atoms with E-state index in [1.165, 1.54) is 0 Å². The normalized spacial score (nSPS) is 10.8. The van der Waals surface area contributed by atoms with Crippen LogP contribution in [0.5, 0.6) is 0 Å². The number of rotatable bonds is 2. The van der Waals surface area contributed by atoms with Gasteiger partial charge in [0.1, 0.15) is 5.69 Å². The summed E-state index contributed by atoms with van der Waals surface area (Å²) in [5.74, 6) is 0. The maximum absolute atomic E-state index is 6.53. The molecule has 2 nitrogen and oxygen atoms in total. The molecule has 0 unspecified atom stereocenters. The van der Waals surface area contributed by atoms with Crippen molar-refractivity contribution in [1.29, 1.82) is 0 Å². The molecular formula is C16H12Cl2N2. The number of nitrogens with zero attached hydrogens (tertiary/aromatic N) is 2. The fraction of sp³-hybridized carbons (Fsp3) is 0.0625. The molecule has 0 radical (unpaired) electrons.